The zero-order valence-corrected chi connectivity index (χ0v) is 26.4. The molecule has 0 radical (unpaired) electrons. The molecule has 0 heterocycles. The molecule has 0 aromatic carbocycles. The number of quaternary nitrogens is 1. The Morgan fingerprint density at radius 3 is 1.78 bits per heavy atom. The Hall–Kier alpha value is -0.490. The molecule has 0 aliphatic rings. The van der Waals surface area contributed by atoms with E-state index in [9.17, 15) is 9.46 Å². The summed E-state index contributed by atoms with van der Waals surface area (Å²) in [5.41, 5.74) is -0.390. The minimum Gasteiger partial charge on any atom is -0.379 e. The number of nitrogens with zero attached hydrogens (tertiary/aromatic N) is 1. The van der Waals surface area contributed by atoms with Gasteiger partial charge in [-0.15, -0.1) is 0 Å². The molecule has 2 unspecified atom stereocenters. The summed E-state index contributed by atoms with van der Waals surface area (Å²) in [7, 11) is 1.95. The molecule has 0 bridgehead atoms. The van der Waals surface area contributed by atoms with E-state index in [1.165, 1.54) is 51.4 Å². The first kappa shape index (κ1) is 36.5. The van der Waals surface area contributed by atoms with Crippen LogP contribution in [-0.2, 0) is 18.6 Å². The number of ether oxygens (including phenoxy) is 2. The zero-order chi connectivity index (χ0) is 28.2. The van der Waals surface area contributed by atoms with Crippen molar-refractivity contribution in [1.29, 1.82) is 0 Å². The lowest BCUT2D eigenvalue weighted by atomic mass is 10.1. The number of hydrogen-bond acceptors (Lipinski definition) is 4. The van der Waals surface area contributed by atoms with Gasteiger partial charge in [-0.2, -0.15) is 0 Å². The van der Waals surface area contributed by atoms with Gasteiger partial charge >= 0.3 is 7.60 Å². The van der Waals surface area contributed by atoms with Crippen LogP contribution in [0.5, 0.6) is 0 Å². The molecule has 0 spiro atoms. The van der Waals surface area contributed by atoms with Crippen LogP contribution in [0.4, 0.5) is 0 Å². The Bertz CT molecular complexity index is 651. The molecule has 0 saturated heterocycles. The van der Waals surface area contributed by atoms with Crippen molar-refractivity contribution in [3.63, 3.8) is 0 Å². The summed E-state index contributed by atoms with van der Waals surface area (Å²) in [5, 5.41) is 0. The molecule has 3 atom stereocenters. The molecular formula is C30H61NO5P+. The van der Waals surface area contributed by atoms with Gasteiger partial charge in [0.2, 0.25) is 0 Å². The first-order valence-electron chi connectivity index (χ1n) is 14.7. The normalized spacial score (nSPS) is 16.5. The van der Waals surface area contributed by atoms with Gasteiger partial charge in [0, 0.05) is 13.0 Å². The topological polar surface area (TPSA) is 65.0 Å². The highest BCUT2D eigenvalue weighted by atomic mass is 31.2. The Labute approximate surface area is 230 Å². The maximum absolute atomic E-state index is 12.9. The van der Waals surface area contributed by atoms with Crippen LogP contribution in [0, 0.1) is 0 Å². The van der Waals surface area contributed by atoms with Gasteiger partial charge < -0.3 is 23.4 Å². The molecule has 0 aliphatic heterocycles. The highest BCUT2D eigenvalue weighted by Crippen LogP contribution is 2.51. The Morgan fingerprint density at radius 2 is 1.32 bits per heavy atom. The molecule has 220 valence electrons. The molecule has 0 saturated carbocycles. The molecule has 0 aromatic heterocycles. The van der Waals surface area contributed by atoms with Gasteiger partial charge in [0.1, 0.15) is 6.10 Å². The zero-order valence-electron chi connectivity index (χ0n) is 25.5. The molecule has 0 rings (SSSR count). The van der Waals surface area contributed by atoms with Crippen LogP contribution >= 0.6 is 7.60 Å². The van der Waals surface area contributed by atoms with E-state index in [2.05, 4.69) is 31.2 Å². The van der Waals surface area contributed by atoms with Crippen LogP contribution in [-0.4, -0.2) is 67.8 Å². The lowest BCUT2D eigenvalue weighted by molar-refractivity contribution is -0.883. The van der Waals surface area contributed by atoms with Crippen molar-refractivity contribution in [3.05, 3.63) is 24.3 Å². The van der Waals surface area contributed by atoms with Crippen molar-refractivity contribution in [2.75, 3.05) is 41.0 Å². The Kier molecular flexibility index (Phi) is 20.1. The van der Waals surface area contributed by atoms with Crippen molar-refractivity contribution in [1.82, 2.24) is 0 Å². The standard InChI is InChI=1S/C30H60NO5P/c1-9-11-12-13-14-15-16-17-18-19-20-21-22-23-24-25-34-26-28(36-30(3,4)5)27-35-37(32,33)29(10-2)31(6,7)8/h13-14,19-20,28-29H,9-12,15-18,21-27H2,1-8H3/p+1/b14-13-,20-19-/t28-,29?/m1/s1. The Morgan fingerprint density at radius 1 is 0.811 bits per heavy atom. The van der Waals surface area contributed by atoms with Crippen molar-refractivity contribution in [2.24, 2.45) is 0 Å². The van der Waals surface area contributed by atoms with Gasteiger partial charge in [-0.25, -0.2) is 0 Å². The fourth-order valence-corrected chi connectivity index (χ4v) is 6.17. The first-order valence-corrected chi connectivity index (χ1v) is 16.3. The summed E-state index contributed by atoms with van der Waals surface area (Å²) in [6.07, 6.45) is 22.6. The van der Waals surface area contributed by atoms with Gasteiger partial charge in [0.15, 0.2) is 5.78 Å². The Balaban J connectivity index is 4.13. The summed E-state index contributed by atoms with van der Waals surface area (Å²) >= 11 is 0. The monoisotopic (exact) mass is 546 g/mol. The third kappa shape index (κ3) is 21.1. The smallest absolute Gasteiger partial charge is 0.379 e. The summed E-state index contributed by atoms with van der Waals surface area (Å²) < 4.78 is 30.8. The molecule has 7 heteroatoms. The average Bonchev–Trinajstić information content (AvgIpc) is 2.77. The minimum atomic E-state index is -3.79. The quantitative estimate of drug-likeness (QED) is 0.0605. The van der Waals surface area contributed by atoms with E-state index in [0.29, 0.717) is 24.1 Å². The van der Waals surface area contributed by atoms with Gasteiger partial charge in [-0.05, 0) is 72.1 Å². The summed E-state index contributed by atoms with van der Waals surface area (Å²) in [4.78, 5) is 10.6. The summed E-state index contributed by atoms with van der Waals surface area (Å²) in [6, 6.07) is 0. The average molecular weight is 547 g/mol. The van der Waals surface area contributed by atoms with Gasteiger partial charge in [0.25, 0.3) is 0 Å². The minimum absolute atomic E-state index is 0.0431. The van der Waals surface area contributed by atoms with E-state index in [1.807, 2.05) is 48.8 Å². The summed E-state index contributed by atoms with van der Waals surface area (Å²) in [5.74, 6) is -0.477. The number of hydrogen-bond donors (Lipinski definition) is 1. The fourth-order valence-electron chi connectivity index (χ4n) is 4.28. The largest absolute Gasteiger partial charge is 0.385 e. The van der Waals surface area contributed by atoms with Gasteiger partial charge in [-0.3, -0.25) is 4.57 Å². The maximum Gasteiger partial charge on any atom is 0.385 e. The molecule has 0 aromatic rings. The SMILES string of the molecule is CCCC/C=C\CCCC/C=C\CCCCCOC[C@H](COP(=O)(O)C(CC)[N+](C)(C)C)OC(C)(C)C. The van der Waals surface area contributed by atoms with E-state index < -0.39 is 19.0 Å². The molecule has 0 fully saturated rings. The predicted molar refractivity (Wildman–Crippen MR) is 158 cm³/mol. The second-order valence-corrected chi connectivity index (χ2v) is 14.0. The lowest BCUT2D eigenvalue weighted by Crippen LogP contribution is -2.45. The molecular weight excluding hydrogens is 485 g/mol. The molecule has 6 nitrogen and oxygen atoms in total. The van der Waals surface area contributed by atoms with Crippen LogP contribution in [0.1, 0.15) is 112 Å². The second-order valence-electron chi connectivity index (χ2n) is 12.0. The van der Waals surface area contributed by atoms with E-state index in [1.54, 1.807) is 0 Å². The van der Waals surface area contributed by atoms with E-state index in [4.69, 9.17) is 14.0 Å². The molecule has 0 amide bonds. The van der Waals surface area contributed by atoms with Crippen molar-refractivity contribution in [2.45, 2.75) is 129 Å². The van der Waals surface area contributed by atoms with E-state index in [0.717, 1.165) is 19.3 Å². The predicted octanol–water partition coefficient (Wildman–Crippen LogP) is 8.25. The highest BCUT2D eigenvalue weighted by molar-refractivity contribution is 7.53. The molecule has 0 aliphatic carbocycles. The van der Waals surface area contributed by atoms with Gasteiger partial charge in [-0.1, -0.05) is 57.4 Å². The first-order chi connectivity index (χ1) is 17.3. The van der Waals surface area contributed by atoms with Crippen molar-refractivity contribution < 1.29 is 27.9 Å². The van der Waals surface area contributed by atoms with E-state index in [-0.39, 0.29) is 12.7 Å². The van der Waals surface area contributed by atoms with Crippen LogP contribution < -0.4 is 0 Å². The highest BCUT2D eigenvalue weighted by Gasteiger charge is 2.42. The van der Waals surface area contributed by atoms with Crippen LogP contribution in [0.2, 0.25) is 0 Å². The van der Waals surface area contributed by atoms with E-state index >= 15 is 0 Å². The number of unbranched alkanes of at least 4 members (excludes halogenated alkanes) is 8. The third-order valence-corrected chi connectivity index (χ3v) is 8.44. The number of rotatable bonds is 23. The summed E-state index contributed by atoms with van der Waals surface area (Å²) in [6.45, 7) is 11.1. The van der Waals surface area contributed by atoms with Gasteiger partial charge in [0.05, 0.1) is 40.0 Å². The molecule has 37 heavy (non-hydrogen) atoms. The molecule has 1 N–H and O–H groups in total. The third-order valence-electron chi connectivity index (χ3n) is 6.11. The van der Waals surface area contributed by atoms with Crippen molar-refractivity contribution >= 4 is 7.60 Å². The van der Waals surface area contributed by atoms with Crippen molar-refractivity contribution in [3.8, 4) is 0 Å². The van der Waals surface area contributed by atoms with Crippen LogP contribution in [0.15, 0.2) is 24.3 Å². The lowest BCUT2D eigenvalue weighted by Gasteiger charge is -2.36. The van der Waals surface area contributed by atoms with Crippen LogP contribution in [0.3, 0.4) is 0 Å². The van der Waals surface area contributed by atoms with Crippen LogP contribution in [0.25, 0.3) is 0 Å². The second kappa shape index (κ2) is 20.4. The fraction of sp³-hybridized carbons (Fsp3) is 0.867. The number of allylic oxidation sites excluding steroid dienone is 4. The maximum atomic E-state index is 12.9.